The number of rotatable bonds is 4. The lowest BCUT2D eigenvalue weighted by molar-refractivity contribution is -0.463. The fraction of sp³-hybridized carbons (Fsp3) is 1.00. The minimum absolute atomic E-state index is 2.01. The molecule has 0 rings (SSSR count). The fourth-order valence-corrected chi connectivity index (χ4v) is 0.556. The number of hydrogen-bond acceptors (Lipinski definition) is 3. The average molecular weight is 278 g/mol. The summed E-state index contributed by atoms with van der Waals surface area (Å²) in [5, 5.41) is 18.9. The highest BCUT2D eigenvalue weighted by Crippen LogP contribution is 2.53. The molecular weight excluding hydrogens is 278 g/mol. The molecule has 0 fully saturated rings. The van der Waals surface area contributed by atoms with Crippen molar-refractivity contribution in [3.63, 3.8) is 0 Å². The van der Waals surface area contributed by atoms with Gasteiger partial charge in [0.05, 0.1) is 7.32 Å². The molecule has 0 aliphatic heterocycles. The molecule has 0 amide bonds. The molecule has 0 saturated heterocycles. The fourth-order valence-electron chi connectivity index (χ4n) is 0.556. The van der Waals surface area contributed by atoms with Gasteiger partial charge in [0.1, 0.15) is 0 Å². The predicted octanol–water partition coefficient (Wildman–Crippen LogP) is 0.134. The van der Waals surface area contributed by atoms with Gasteiger partial charge in [-0.1, -0.05) is 0 Å². The quantitative estimate of drug-likeness (QED) is 0.542. The van der Waals surface area contributed by atoms with Crippen molar-refractivity contribution in [1.82, 2.24) is 0 Å². The van der Waals surface area contributed by atoms with Crippen LogP contribution in [0.3, 0.4) is 0 Å². The molecule has 17 heavy (non-hydrogen) atoms. The third-order valence-corrected chi connectivity index (χ3v) is 1.36. The molecule has 0 saturated carbocycles. The summed E-state index contributed by atoms with van der Waals surface area (Å²) in [6.45, 7) is 0. The molecule has 0 bridgehead atoms. The van der Waals surface area contributed by atoms with Crippen LogP contribution in [0.25, 0.3) is 0 Å². The first-order chi connectivity index (χ1) is 7.17. The second-order valence-corrected chi connectivity index (χ2v) is 2.57. The lowest BCUT2D eigenvalue weighted by atomic mass is 10.1. The molecule has 0 aromatic carbocycles. The molecule has 0 aromatic heterocycles. The molecule has 3 nitrogen and oxygen atoms in total. The van der Waals surface area contributed by atoms with Gasteiger partial charge in [-0.25, -0.2) is 0 Å². The van der Waals surface area contributed by atoms with Gasteiger partial charge in [-0.3, -0.25) is 0 Å². The summed E-state index contributed by atoms with van der Waals surface area (Å²) >= 11 is 0. The van der Waals surface area contributed by atoms with E-state index in [0.717, 1.165) is 0 Å². The van der Waals surface area contributed by atoms with E-state index in [2.05, 4.69) is 0 Å². The second kappa shape index (κ2) is 4.21. The normalized spacial score (nSPS) is 15.0. The maximum atomic E-state index is 12.2. The van der Waals surface area contributed by atoms with Gasteiger partial charge in [-0.2, -0.15) is 39.5 Å². The van der Waals surface area contributed by atoms with E-state index >= 15 is 0 Å². The Morgan fingerprint density at radius 1 is 0.706 bits per heavy atom. The van der Waals surface area contributed by atoms with Crippen molar-refractivity contribution in [2.45, 2.75) is 24.1 Å². The Balaban J connectivity index is 5.39. The topological polar surface area (TPSA) is 55.3 Å². The lowest BCUT2D eigenvalue weighted by Gasteiger charge is -2.38. The molecule has 0 radical (unpaired) electrons. The molecule has 0 aliphatic carbocycles. The standard InChI is InChI=1S/C4BF9O3/c6-1(7,3(10,11)12)2(8,9)4(13,14)17-5(15)16/q-2. The maximum Gasteiger partial charge on any atom is 0.460 e. The lowest BCUT2D eigenvalue weighted by Crippen LogP contribution is -2.65. The Kier molecular flexibility index (Phi) is 4.04. The SMILES string of the molecule is [O-]B([O-])OC(F)(F)C(F)(F)C(F)(F)C(F)(F)F. The molecule has 0 aromatic rings. The van der Waals surface area contributed by atoms with Crippen LogP contribution < -0.4 is 10.0 Å². The van der Waals surface area contributed by atoms with Crippen LogP contribution in [-0.2, 0) is 4.65 Å². The molecule has 13 heteroatoms. The molecule has 0 spiro atoms. The van der Waals surface area contributed by atoms with Crippen molar-refractivity contribution in [2.75, 3.05) is 0 Å². The Morgan fingerprint density at radius 3 is 1.29 bits per heavy atom. The highest BCUT2D eigenvalue weighted by molar-refractivity contribution is 6.28. The Labute approximate surface area is 87.0 Å². The third-order valence-electron chi connectivity index (χ3n) is 1.36. The van der Waals surface area contributed by atoms with Crippen LogP contribution in [0.15, 0.2) is 0 Å². The summed E-state index contributed by atoms with van der Waals surface area (Å²) < 4.78 is 109. The smallest absolute Gasteiger partial charge is 0.460 e. The van der Waals surface area contributed by atoms with E-state index in [1.54, 1.807) is 0 Å². The molecular formula is C4BF9O3-2. The van der Waals surface area contributed by atoms with Gasteiger partial charge in [-0.05, 0) is 0 Å². The number of hydrogen-bond donors (Lipinski definition) is 0. The van der Waals surface area contributed by atoms with Crippen LogP contribution in [0.4, 0.5) is 39.5 Å². The zero-order valence-electron chi connectivity index (χ0n) is 7.20. The summed E-state index contributed by atoms with van der Waals surface area (Å²) in [6.07, 6.45) is -13.6. The van der Waals surface area contributed by atoms with Crippen LogP contribution in [0, 0.1) is 0 Å². The van der Waals surface area contributed by atoms with Crippen molar-refractivity contribution in [1.29, 1.82) is 0 Å². The number of halogens is 9. The molecule has 0 atom stereocenters. The van der Waals surface area contributed by atoms with Crippen LogP contribution in [0.5, 0.6) is 0 Å². The average Bonchev–Trinajstić information content (AvgIpc) is 1.98. The minimum atomic E-state index is -7.18. The molecule has 0 heterocycles. The summed E-state index contributed by atoms with van der Waals surface area (Å²) in [7, 11) is -4.17. The van der Waals surface area contributed by atoms with E-state index < -0.39 is 31.5 Å². The maximum absolute atomic E-state index is 12.2. The minimum Gasteiger partial charge on any atom is -0.870 e. The zero-order valence-corrected chi connectivity index (χ0v) is 7.20. The van der Waals surface area contributed by atoms with Gasteiger partial charge in [0.2, 0.25) is 0 Å². The molecule has 0 aliphatic rings. The second-order valence-electron chi connectivity index (χ2n) is 2.57. The van der Waals surface area contributed by atoms with Crippen LogP contribution >= 0.6 is 0 Å². The Morgan fingerprint density at radius 2 is 1.06 bits per heavy atom. The van der Waals surface area contributed by atoms with E-state index in [4.69, 9.17) is 0 Å². The van der Waals surface area contributed by atoms with Crippen molar-refractivity contribution < 1.29 is 54.2 Å². The Bertz CT molecular complexity index is 274. The van der Waals surface area contributed by atoms with Gasteiger partial charge in [-0.15, -0.1) is 0 Å². The van der Waals surface area contributed by atoms with Crippen molar-refractivity contribution in [3.05, 3.63) is 0 Å². The van der Waals surface area contributed by atoms with Gasteiger partial charge in [0, 0.05) is 0 Å². The van der Waals surface area contributed by atoms with E-state index in [1.807, 2.05) is 4.65 Å². The van der Waals surface area contributed by atoms with Crippen LogP contribution in [0.2, 0.25) is 0 Å². The zero-order chi connectivity index (χ0) is 14.3. The van der Waals surface area contributed by atoms with E-state index in [0.29, 0.717) is 0 Å². The van der Waals surface area contributed by atoms with E-state index in [1.165, 1.54) is 0 Å². The summed E-state index contributed by atoms with van der Waals surface area (Å²) in [4.78, 5) is 0. The summed E-state index contributed by atoms with van der Waals surface area (Å²) in [5.41, 5.74) is 0. The molecule has 0 N–H and O–H groups in total. The molecule has 102 valence electrons. The molecule has 0 unspecified atom stereocenters. The van der Waals surface area contributed by atoms with E-state index in [9.17, 15) is 49.6 Å². The largest absolute Gasteiger partial charge is 0.870 e. The van der Waals surface area contributed by atoms with Crippen LogP contribution in [0.1, 0.15) is 0 Å². The van der Waals surface area contributed by atoms with Crippen molar-refractivity contribution in [3.8, 4) is 0 Å². The first-order valence-corrected chi connectivity index (χ1v) is 3.36. The highest BCUT2D eigenvalue weighted by atomic mass is 19.4. The monoisotopic (exact) mass is 278 g/mol. The van der Waals surface area contributed by atoms with Gasteiger partial charge < -0.3 is 14.7 Å². The van der Waals surface area contributed by atoms with Gasteiger partial charge >= 0.3 is 24.1 Å². The summed E-state index contributed by atoms with van der Waals surface area (Å²) in [6, 6.07) is 0. The van der Waals surface area contributed by atoms with Gasteiger partial charge in [0.15, 0.2) is 0 Å². The number of alkyl halides is 9. The third kappa shape index (κ3) is 2.77. The van der Waals surface area contributed by atoms with Crippen molar-refractivity contribution in [2.24, 2.45) is 0 Å². The first-order valence-electron chi connectivity index (χ1n) is 3.36. The highest BCUT2D eigenvalue weighted by Gasteiger charge is 2.82. The summed E-state index contributed by atoms with van der Waals surface area (Å²) in [5.74, 6) is -14.3. The Hall–Kier alpha value is -0.685. The van der Waals surface area contributed by atoms with Gasteiger partial charge in [0.25, 0.3) is 0 Å². The van der Waals surface area contributed by atoms with Crippen molar-refractivity contribution >= 4 is 7.32 Å². The van der Waals surface area contributed by atoms with Crippen LogP contribution in [-0.4, -0.2) is 31.5 Å². The first kappa shape index (κ1) is 16.3. The predicted molar refractivity (Wildman–Crippen MR) is 27.7 cm³/mol. The van der Waals surface area contributed by atoms with E-state index in [-0.39, 0.29) is 0 Å².